The number of ketones is 1. The normalized spacial score (nSPS) is 19.6. The Bertz CT molecular complexity index is 373. The lowest BCUT2D eigenvalue weighted by Crippen LogP contribution is -2.29. The van der Waals surface area contributed by atoms with Crippen molar-refractivity contribution >= 4 is 5.78 Å². The van der Waals surface area contributed by atoms with Crippen LogP contribution >= 0.6 is 0 Å². The SMILES string of the molecule is CCCCCCCCCCCCCCCCCC(=O)C1OCC(CN(C)C)O1. The van der Waals surface area contributed by atoms with Crippen LogP contribution in [0.4, 0.5) is 0 Å². The highest BCUT2D eigenvalue weighted by Gasteiger charge is 2.31. The van der Waals surface area contributed by atoms with E-state index in [1.165, 1.54) is 83.5 Å². The Balaban J connectivity index is 1.81. The number of unbranched alkanes of at least 4 members (excludes halogenated alkanes) is 14. The first-order chi connectivity index (χ1) is 13.6. The Morgan fingerprint density at radius 2 is 1.25 bits per heavy atom. The van der Waals surface area contributed by atoms with Crippen molar-refractivity contribution in [2.45, 2.75) is 122 Å². The van der Waals surface area contributed by atoms with E-state index in [-0.39, 0.29) is 11.9 Å². The third kappa shape index (κ3) is 13.7. The molecule has 0 aromatic rings. The molecule has 1 saturated heterocycles. The zero-order valence-corrected chi connectivity index (χ0v) is 19.1. The van der Waals surface area contributed by atoms with Crippen LogP contribution in [0.1, 0.15) is 110 Å². The number of nitrogens with zero attached hydrogens (tertiary/aromatic N) is 1. The molecule has 0 amide bonds. The Morgan fingerprint density at radius 3 is 1.71 bits per heavy atom. The van der Waals surface area contributed by atoms with Crippen LogP contribution in [-0.4, -0.2) is 50.3 Å². The fourth-order valence-corrected chi connectivity index (χ4v) is 3.91. The van der Waals surface area contributed by atoms with Gasteiger partial charge >= 0.3 is 0 Å². The third-order valence-corrected chi connectivity index (χ3v) is 5.61. The van der Waals surface area contributed by atoms with Crippen LogP contribution in [0.2, 0.25) is 0 Å². The zero-order valence-electron chi connectivity index (χ0n) is 19.1. The summed E-state index contributed by atoms with van der Waals surface area (Å²) < 4.78 is 11.2. The van der Waals surface area contributed by atoms with Crippen LogP contribution in [0.5, 0.6) is 0 Å². The molecule has 1 aliphatic rings. The first-order valence-corrected chi connectivity index (χ1v) is 12.1. The van der Waals surface area contributed by atoms with Gasteiger partial charge in [0, 0.05) is 13.0 Å². The van der Waals surface area contributed by atoms with Gasteiger partial charge in [0.15, 0.2) is 5.78 Å². The predicted molar refractivity (Wildman–Crippen MR) is 118 cm³/mol. The fourth-order valence-electron chi connectivity index (χ4n) is 3.91. The molecule has 2 unspecified atom stereocenters. The molecule has 0 radical (unpaired) electrons. The molecule has 1 heterocycles. The van der Waals surface area contributed by atoms with Gasteiger partial charge in [-0.25, -0.2) is 0 Å². The number of rotatable bonds is 19. The molecule has 0 aromatic carbocycles. The van der Waals surface area contributed by atoms with E-state index in [9.17, 15) is 4.79 Å². The second kappa shape index (κ2) is 17.4. The number of likely N-dealkylation sites (N-methyl/N-ethyl adjacent to an activating group) is 1. The molecule has 28 heavy (non-hydrogen) atoms. The summed E-state index contributed by atoms with van der Waals surface area (Å²) in [6, 6.07) is 0. The van der Waals surface area contributed by atoms with Crippen LogP contribution in [0, 0.1) is 0 Å². The van der Waals surface area contributed by atoms with Crippen LogP contribution < -0.4 is 0 Å². The molecule has 4 heteroatoms. The van der Waals surface area contributed by atoms with Gasteiger partial charge < -0.3 is 14.4 Å². The standard InChI is InChI=1S/C24H47NO3/c1-4-5-6-7-8-9-10-11-12-13-14-15-16-17-18-19-23(26)24-27-21-22(28-24)20-25(2)3/h22,24H,4-21H2,1-3H3. The minimum absolute atomic E-state index is 0.0324. The molecule has 166 valence electrons. The van der Waals surface area contributed by atoms with Crippen molar-refractivity contribution in [3.8, 4) is 0 Å². The van der Waals surface area contributed by atoms with Crippen molar-refractivity contribution in [3.63, 3.8) is 0 Å². The monoisotopic (exact) mass is 397 g/mol. The quantitative estimate of drug-likeness (QED) is 0.246. The van der Waals surface area contributed by atoms with E-state index < -0.39 is 6.29 Å². The molecule has 0 bridgehead atoms. The van der Waals surface area contributed by atoms with Gasteiger partial charge in [0.2, 0.25) is 6.29 Å². The van der Waals surface area contributed by atoms with Crippen molar-refractivity contribution in [2.75, 3.05) is 27.2 Å². The van der Waals surface area contributed by atoms with E-state index >= 15 is 0 Å². The topological polar surface area (TPSA) is 38.8 Å². The third-order valence-electron chi connectivity index (χ3n) is 5.61. The molecule has 0 aromatic heterocycles. The Morgan fingerprint density at radius 1 is 0.786 bits per heavy atom. The summed E-state index contributed by atoms with van der Waals surface area (Å²) in [5.41, 5.74) is 0. The number of carbonyl (C=O) groups excluding carboxylic acids is 1. The van der Waals surface area contributed by atoms with Gasteiger partial charge in [-0.15, -0.1) is 0 Å². The molecular formula is C24H47NO3. The van der Waals surface area contributed by atoms with Crippen LogP contribution in [0.3, 0.4) is 0 Å². The van der Waals surface area contributed by atoms with E-state index in [1.807, 2.05) is 14.1 Å². The maximum Gasteiger partial charge on any atom is 0.218 e. The highest BCUT2D eigenvalue weighted by molar-refractivity contribution is 5.81. The van der Waals surface area contributed by atoms with E-state index in [0.717, 1.165) is 19.4 Å². The number of ether oxygens (including phenoxy) is 2. The zero-order chi connectivity index (χ0) is 20.5. The lowest BCUT2D eigenvalue weighted by molar-refractivity contribution is -0.146. The van der Waals surface area contributed by atoms with Gasteiger partial charge in [0.25, 0.3) is 0 Å². The van der Waals surface area contributed by atoms with Crippen molar-refractivity contribution in [1.29, 1.82) is 0 Å². The summed E-state index contributed by atoms with van der Waals surface area (Å²) in [6.45, 7) is 3.62. The average Bonchev–Trinajstić information content (AvgIpc) is 3.12. The fraction of sp³-hybridized carbons (Fsp3) is 0.958. The van der Waals surface area contributed by atoms with Crippen molar-refractivity contribution in [1.82, 2.24) is 4.90 Å². The molecule has 0 N–H and O–H groups in total. The van der Waals surface area contributed by atoms with Crippen LogP contribution in [0.15, 0.2) is 0 Å². The molecular weight excluding hydrogens is 350 g/mol. The summed E-state index contributed by atoms with van der Waals surface area (Å²) in [7, 11) is 4.02. The first kappa shape index (κ1) is 25.6. The minimum Gasteiger partial charge on any atom is -0.343 e. The highest BCUT2D eigenvalue weighted by atomic mass is 16.7. The molecule has 2 atom stereocenters. The summed E-state index contributed by atoms with van der Waals surface area (Å²) >= 11 is 0. The van der Waals surface area contributed by atoms with E-state index in [1.54, 1.807) is 0 Å². The molecule has 1 rings (SSSR count). The van der Waals surface area contributed by atoms with Gasteiger partial charge in [-0.3, -0.25) is 4.79 Å². The van der Waals surface area contributed by atoms with Crippen molar-refractivity contribution < 1.29 is 14.3 Å². The Hall–Kier alpha value is -0.450. The first-order valence-electron chi connectivity index (χ1n) is 12.1. The van der Waals surface area contributed by atoms with Gasteiger partial charge in [0.05, 0.1) is 12.7 Å². The summed E-state index contributed by atoms with van der Waals surface area (Å²) in [6.07, 6.45) is 20.2. The molecule has 1 fully saturated rings. The van der Waals surface area contributed by atoms with Gasteiger partial charge in [-0.2, -0.15) is 0 Å². The molecule has 4 nitrogen and oxygen atoms in total. The summed E-state index contributed by atoms with van der Waals surface area (Å²) in [5, 5.41) is 0. The van der Waals surface area contributed by atoms with Gasteiger partial charge in [-0.05, 0) is 20.5 Å². The predicted octanol–water partition coefficient (Wildman–Crippen LogP) is 6.12. The molecule has 1 aliphatic heterocycles. The van der Waals surface area contributed by atoms with Crippen LogP contribution in [-0.2, 0) is 14.3 Å². The lowest BCUT2D eigenvalue weighted by Gasteiger charge is -2.14. The van der Waals surface area contributed by atoms with E-state index in [4.69, 9.17) is 9.47 Å². The number of Topliss-reactive ketones (excluding diaryl/α,β-unsaturated/α-hetero) is 1. The number of hydrogen-bond acceptors (Lipinski definition) is 4. The van der Waals surface area contributed by atoms with Crippen molar-refractivity contribution in [2.24, 2.45) is 0 Å². The average molecular weight is 398 g/mol. The lowest BCUT2D eigenvalue weighted by atomic mass is 10.0. The molecule has 0 saturated carbocycles. The summed E-state index contributed by atoms with van der Waals surface area (Å²) in [5.74, 6) is 0.121. The Labute approximate surface area is 174 Å². The van der Waals surface area contributed by atoms with E-state index in [2.05, 4.69) is 11.8 Å². The highest BCUT2D eigenvalue weighted by Crippen LogP contribution is 2.17. The molecule has 0 spiro atoms. The van der Waals surface area contributed by atoms with Crippen LogP contribution in [0.25, 0.3) is 0 Å². The second-order valence-electron chi connectivity index (χ2n) is 8.85. The molecule has 0 aliphatic carbocycles. The minimum atomic E-state index is -0.614. The summed E-state index contributed by atoms with van der Waals surface area (Å²) in [4.78, 5) is 14.2. The number of hydrogen-bond donors (Lipinski definition) is 0. The van der Waals surface area contributed by atoms with Gasteiger partial charge in [-0.1, -0.05) is 96.8 Å². The maximum atomic E-state index is 12.1. The maximum absolute atomic E-state index is 12.1. The van der Waals surface area contributed by atoms with Gasteiger partial charge in [0.1, 0.15) is 0 Å². The number of carbonyl (C=O) groups is 1. The largest absolute Gasteiger partial charge is 0.343 e. The smallest absolute Gasteiger partial charge is 0.218 e. The second-order valence-corrected chi connectivity index (χ2v) is 8.85. The van der Waals surface area contributed by atoms with Crippen molar-refractivity contribution in [3.05, 3.63) is 0 Å². The van der Waals surface area contributed by atoms with E-state index in [0.29, 0.717) is 13.0 Å². The Kier molecular flexibility index (Phi) is 15.9.